The third-order valence-electron chi connectivity index (χ3n) is 8.88. The van der Waals surface area contributed by atoms with Gasteiger partial charge in [0.05, 0.1) is 61.8 Å². The van der Waals surface area contributed by atoms with E-state index in [4.69, 9.17) is 19.2 Å². The quantitative estimate of drug-likeness (QED) is 0.207. The van der Waals surface area contributed by atoms with E-state index in [2.05, 4.69) is 49.7 Å². The lowest BCUT2D eigenvalue weighted by Crippen LogP contribution is -2.44. The van der Waals surface area contributed by atoms with Crippen molar-refractivity contribution in [3.63, 3.8) is 0 Å². The van der Waals surface area contributed by atoms with Crippen LogP contribution >= 0.6 is 0 Å². The number of carbonyl (C=O) groups excluding carboxylic acids is 1. The van der Waals surface area contributed by atoms with Gasteiger partial charge in [0.15, 0.2) is 0 Å². The molecular weight excluding hydrogens is 598 g/mol. The first-order valence-corrected chi connectivity index (χ1v) is 16.3. The number of nitrogens with one attached hydrogen (secondary N) is 2. The van der Waals surface area contributed by atoms with Gasteiger partial charge in [0.2, 0.25) is 5.95 Å². The number of fused-ring (bicyclic) bond motifs is 3. The third-order valence-corrected chi connectivity index (χ3v) is 8.88. The number of carbonyl (C=O) groups is 1. The standard InChI is InChI=1S/C34H45N9O4/c1-6-46-19-20-47-18-17-43-24(3)31(23(2)39-43)37-33(44)27-11-12-42-29(27)10-7-25-22-35-34(38-32(25)42)36-28-9-8-26(21-30(28)45-5)41-15-13-40(4)14-16-41/h8-9,11-12,21-22H,6-7,10,13-20H2,1-5H3,(H,37,44)(H,35,36,38). The Bertz CT molecular complexity index is 1710. The number of aryl methyl sites for hydroxylation is 2. The van der Waals surface area contributed by atoms with Gasteiger partial charge in [-0.15, -0.1) is 0 Å². The first-order valence-electron chi connectivity index (χ1n) is 16.3. The van der Waals surface area contributed by atoms with Crippen LogP contribution in [0.1, 0.15) is 39.9 Å². The molecule has 0 unspecified atom stereocenters. The lowest BCUT2D eigenvalue weighted by Gasteiger charge is -2.34. The van der Waals surface area contributed by atoms with Gasteiger partial charge in [0.1, 0.15) is 11.6 Å². The average molecular weight is 644 g/mol. The van der Waals surface area contributed by atoms with Crippen molar-refractivity contribution in [3.05, 3.63) is 64.9 Å². The molecule has 250 valence electrons. The predicted octanol–water partition coefficient (Wildman–Crippen LogP) is 3.99. The number of hydrogen-bond acceptors (Lipinski definition) is 10. The number of benzene rings is 1. The zero-order valence-electron chi connectivity index (χ0n) is 28.0. The van der Waals surface area contributed by atoms with Crippen LogP contribution in [0.2, 0.25) is 0 Å². The van der Waals surface area contributed by atoms with Gasteiger partial charge in [-0.25, -0.2) is 4.98 Å². The van der Waals surface area contributed by atoms with E-state index >= 15 is 0 Å². The second-order valence-corrected chi connectivity index (χ2v) is 11.9. The number of ether oxygens (including phenoxy) is 3. The highest BCUT2D eigenvalue weighted by Crippen LogP contribution is 2.33. The lowest BCUT2D eigenvalue weighted by atomic mass is 10.0. The van der Waals surface area contributed by atoms with Crippen LogP contribution in [0.4, 0.5) is 23.0 Å². The molecule has 0 spiro atoms. The Kier molecular flexibility index (Phi) is 10.0. The van der Waals surface area contributed by atoms with Crippen molar-refractivity contribution in [2.45, 2.75) is 40.2 Å². The van der Waals surface area contributed by atoms with E-state index < -0.39 is 0 Å². The summed E-state index contributed by atoms with van der Waals surface area (Å²) in [6, 6.07) is 8.04. The molecular formula is C34H45N9O4. The van der Waals surface area contributed by atoms with Crippen LogP contribution in [0.25, 0.3) is 5.82 Å². The van der Waals surface area contributed by atoms with E-state index in [1.165, 1.54) is 0 Å². The van der Waals surface area contributed by atoms with E-state index in [0.717, 1.165) is 83.9 Å². The van der Waals surface area contributed by atoms with Gasteiger partial charge in [-0.2, -0.15) is 10.1 Å². The smallest absolute Gasteiger partial charge is 0.257 e. The van der Waals surface area contributed by atoms with Gasteiger partial charge < -0.3 is 39.2 Å². The highest BCUT2D eigenvalue weighted by atomic mass is 16.5. The molecule has 1 saturated heterocycles. The van der Waals surface area contributed by atoms with Gasteiger partial charge in [0.25, 0.3) is 5.91 Å². The largest absolute Gasteiger partial charge is 0.494 e. The van der Waals surface area contributed by atoms with Crippen molar-refractivity contribution in [1.82, 2.24) is 29.2 Å². The Hall–Kier alpha value is -4.46. The van der Waals surface area contributed by atoms with Crippen molar-refractivity contribution in [1.29, 1.82) is 0 Å². The molecule has 6 rings (SSSR count). The summed E-state index contributed by atoms with van der Waals surface area (Å²) in [4.78, 5) is 27.8. The number of amides is 1. The fourth-order valence-corrected chi connectivity index (χ4v) is 6.18. The molecule has 1 amide bonds. The summed E-state index contributed by atoms with van der Waals surface area (Å²) in [7, 11) is 3.83. The fourth-order valence-electron chi connectivity index (χ4n) is 6.18. The molecule has 4 aromatic rings. The number of aromatic nitrogens is 5. The van der Waals surface area contributed by atoms with Crippen LogP contribution in [0.3, 0.4) is 0 Å². The maximum Gasteiger partial charge on any atom is 0.257 e. The molecule has 0 atom stereocenters. The molecule has 3 aromatic heterocycles. The molecule has 2 aliphatic heterocycles. The van der Waals surface area contributed by atoms with Crippen LogP contribution in [0.15, 0.2) is 36.7 Å². The topological polar surface area (TPSA) is 124 Å². The molecule has 1 fully saturated rings. The maximum absolute atomic E-state index is 13.6. The molecule has 13 heteroatoms. The number of rotatable bonds is 13. The van der Waals surface area contributed by atoms with Crippen molar-refractivity contribution in [2.75, 3.05) is 82.3 Å². The third kappa shape index (κ3) is 7.11. The van der Waals surface area contributed by atoms with Crippen molar-refractivity contribution >= 4 is 28.9 Å². The molecule has 5 heterocycles. The monoisotopic (exact) mass is 643 g/mol. The van der Waals surface area contributed by atoms with E-state index in [9.17, 15) is 4.79 Å². The summed E-state index contributed by atoms with van der Waals surface area (Å²) in [6.07, 6.45) is 5.21. The minimum Gasteiger partial charge on any atom is -0.494 e. The van der Waals surface area contributed by atoms with E-state index in [1.807, 2.05) is 54.5 Å². The Balaban J connectivity index is 1.15. The number of anilines is 4. The molecule has 13 nitrogen and oxygen atoms in total. The predicted molar refractivity (Wildman–Crippen MR) is 182 cm³/mol. The molecule has 0 saturated carbocycles. The second-order valence-electron chi connectivity index (χ2n) is 11.9. The van der Waals surface area contributed by atoms with E-state index in [-0.39, 0.29) is 5.91 Å². The maximum atomic E-state index is 13.6. The minimum absolute atomic E-state index is 0.168. The Morgan fingerprint density at radius 2 is 1.83 bits per heavy atom. The fraction of sp³-hybridized carbons (Fsp3) is 0.471. The summed E-state index contributed by atoms with van der Waals surface area (Å²) in [5.41, 5.74) is 6.86. The number of hydrogen-bond donors (Lipinski definition) is 2. The summed E-state index contributed by atoms with van der Waals surface area (Å²) in [6.45, 7) is 12.8. The molecule has 1 aromatic carbocycles. The van der Waals surface area contributed by atoms with Gasteiger partial charge >= 0.3 is 0 Å². The summed E-state index contributed by atoms with van der Waals surface area (Å²) < 4.78 is 20.6. The Morgan fingerprint density at radius 3 is 2.62 bits per heavy atom. The summed E-state index contributed by atoms with van der Waals surface area (Å²) in [5, 5.41) is 11.1. The second kappa shape index (κ2) is 14.5. The first kappa shape index (κ1) is 32.5. The first-order chi connectivity index (χ1) is 22.9. The average Bonchev–Trinajstić information content (AvgIpc) is 3.64. The zero-order valence-corrected chi connectivity index (χ0v) is 28.0. The summed E-state index contributed by atoms with van der Waals surface area (Å²) in [5.74, 6) is 1.78. The van der Waals surface area contributed by atoms with Crippen molar-refractivity contribution in [3.8, 4) is 11.6 Å². The normalized spacial score (nSPS) is 14.5. The highest BCUT2D eigenvalue weighted by Gasteiger charge is 2.25. The van der Waals surface area contributed by atoms with Crippen LogP contribution in [-0.4, -0.2) is 102 Å². The SMILES string of the molecule is CCOCCOCCn1nc(C)c(NC(=O)c2ccn3c2CCc2cnc(Nc4ccc(N5CCN(C)CC5)cc4OC)nc2-3)c1C. The number of nitrogens with zero attached hydrogens (tertiary/aromatic N) is 7. The molecule has 47 heavy (non-hydrogen) atoms. The van der Waals surface area contributed by atoms with Gasteiger partial charge in [0, 0.05) is 68.2 Å². The molecule has 2 N–H and O–H groups in total. The minimum atomic E-state index is -0.168. The summed E-state index contributed by atoms with van der Waals surface area (Å²) >= 11 is 0. The van der Waals surface area contributed by atoms with Crippen LogP contribution < -0.4 is 20.3 Å². The Labute approximate surface area is 275 Å². The van der Waals surface area contributed by atoms with Crippen LogP contribution in [0.5, 0.6) is 5.75 Å². The Morgan fingerprint density at radius 1 is 1.02 bits per heavy atom. The highest BCUT2D eigenvalue weighted by molar-refractivity contribution is 6.06. The zero-order chi connectivity index (χ0) is 32.9. The van der Waals surface area contributed by atoms with E-state index in [1.54, 1.807) is 7.11 Å². The van der Waals surface area contributed by atoms with Crippen LogP contribution in [0, 0.1) is 13.8 Å². The van der Waals surface area contributed by atoms with Crippen molar-refractivity contribution < 1.29 is 19.0 Å². The molecule has 2 aliphatic rings. The molecule has 0 aliphatic carbocycles. The van der Waals surface area contributed by atoms with Crippen LogP contribution in [-0.2, 0) is 28.9 Å². The van der Waals surface area contributed by atoms with Crippen molar-refractivity contribution in [2.24, 2.45) is 0 Å². The molecule has 0 radical (unpaired) electrons. The van der Waals surface area contributed by atoms with Gasteiger partial charge in [-0.1, -0.05) is 0 Å². The lowest BCUT2D eigenvalue weighted by molar-refractivity contribution is 0.0486. The number of piperazine rings is 1. The van der Waals surface area contributed by atoms with Gasteiger partial charge in [-0.3, -0.25) is 9.48 Å². The number of methoxy groups -OCH3 is 1. The van der Waals surface area contributed by atoms with E-state index in [0.29, 0.717) is 50.9 Å². The number of likely N-dealkylation sites (N-methyl/N-ethyl adjacent to an activating group) is 1. The van der Waals surface area contributed by atoms with Gasteiger partial charge in [-0.05, 0) is 58.9 Å². The molecule has 0 bridgehead atoms.